The van der Waals surface area contributed by atoms with Gasteiger partial charge in [0.1, 0.15) is 0 Å². The highest BCUT2D eigenvalue weighted by Gasteiger charge is 2.23. The van der Waals surface area contributed by atoms with E-state index in [2.05, 4.69) is 19.9 Å². The molecule has 3 rings (SSSR count). The molecule has 0 N–H and O–H groups in total. The molecule has 1 aliphatic heterocycles. The van der Waals surface area contributed by atoms with E-state index in [-0.39, 0.29) is 5.97 Å². The zero-order chi connectivity index (χ0) is 18.4. The van der Waals surface area contributed by atoms with Crippen LogP contribution >= 0.6 is 0 Å². The van der Waals surface area contributed by atoms with Crippen molar-refractivity contribution in [3.8, 4) is 11.3 Å². The molecule has 7 nitrogen and oxygen atoms in total. The Labute approximate surface area is 152 Å². The zero-order valence-corrected chi connectivity index (χ0v) is 14.8. The molecule has 0 aliphatic carbocycles. The second kappa shape index (κ2) is 8.51. The number of piperidine rings is 1. The molecule has 1 aliphatic rings. The summed E-state index contributed by atoms with van der Waals surface area (Å²) in [4.78, 5) is 37.6. The van der Waals surface area contributed by atoms with Gasteiger partial charge in [0.15, 0.2) is 6.29 Å². The minimum atomic E-state index is -0.111. The standard InChI is InChI=1S/C19H22N4O3/c1-2-26-18(25)9-14-5-7-23(8-6-14)19-21-11-16(12-22-19)17-4-3-15(13-24)10-20-17/h3-4,10-14H,2,5-9H2,1H3. The average molecular weight is 354 g/mol. The molecule has 0 aromatic carbocycles. The van der Waals surface area contributed by atoms with Gasteiger partial charge in [0.2, 0.25) is 5.95 Å². The summed E-state index contributed by atoms with van der Waals surface area (Å²) in [6, 6.07) is 3.50. The Morgan fingerprint density at radius 1 is 1.19 bits per heavy atom. The lowest BCUT2D eigenvalue weighted by molar-refractivity contribution is -0.144. The molecule has 7 heteroatoms. The number of ether oxygens (including phenoxy) is 1. The minimum absolute atomic E-state index is 0.111. The Balaban J connectivity index is 1.57. The number of carbonyl (C=O) groups excluding carboxylic acids is 2. The fraction of sp³-hybridized carbons (Fsp3) is 0.421. The molecule has 26 heavy (non-hydrogen) atoms. The van der Waals surface area contributed by atoms with Gasteiger partial charge in [0, 0.05) is 49.2 Å². The lowest BCUT2D eigenvalue weighted by atomic mass is 9.94. The van der Waals surface area contributed by atoms with Crippen molar-refractivity contribution in [2.24, 2.45) is 5.92 Å². The largest absolute Gasteiger partial charge is 0.466 e. The van der Waals surface area contributed by atoms with Crippen LogP contribution in [0, 0.1) is 5.92 Å². The molecule has 0 atom stereocenters. The fourth-order valence-electron chi connectivity index (χ4n) is 3.06. The predicted octanol–water partition coefficient (Wildman–Crippen LogP) is 2.52. The SMILES string of the molecule is CCOC(=O)CC1CCN(c2ncc(-c3ccc(C=O)cn3)cn2)CC1. The summed E-state index contributed by atoms with van der Waals surface area (Å²) in [6.45, 7) is 3.92. The number of esters is 1. The smallest absolute Gasteiger partial charge is 0.306 e. The van der Waals surface area contributed by atoms with Crippen molar-refractivity contribution >= 4 is 18.2 Å². The first-order valence-corrected chi connectivity index (χ1v) is 8.83. The monoisotopic (exact) mass is 354 g/mol. The highest BCUT2D eigenvalue weighted by molar-refractivity contribution is 5.75. The van der Waals surface area contributed by atoms with Gasteiger partial charge in [-0.05, 0) is 37.8 Å². The van der Waals surface area contributed by atoms with Crippen molar-refractivity contribution in [2.45, 2.75) is 26.2 Å². The van der Waals surface area contributed by atoms with Gasteiger partial charge >= 0.3 is 5.97 Å². The maximum absolute atomic E-state index is 11.6. The van der Waals surface area contributed by atoms with Crippen LogP contribution in [0.2, 0.25) is 0 Å². The second-order valence-electron chi connectivity index (χ2n) is 6.31. The quantitative estimate of drug-likeness (QED) is 0.582. The summed E-state index contributed by atoms with van der Waals surface area (Å²) in [7, 11) is 0. The summed E-state index contributed by atoms with van der Waals surface area (Å²) >= 11 is 0. The summed E-state index contributed by atoms with van der Waals surface area (Å²) in [5.74, 6) is 0.942. The number of anilines is 1. The Morgan fingerprint density at radius 2 is 1.92 bits per heavy atom. The van der Waals surface area contributed by atoms with E-state index in [0.717, 1.165) is 43.5 Å². The van der Waals surface area contributed by atoms with Crippen molar-refractivity contribution in [1.82, 2.24) is 15.0 Å². The first-order chi connectivity index (χ1) is 12.7. The third-order valence-corrected chi connectivity index (χ3v) is 4.51. The van der Waals surface area contributed by atoms with Gasteiger partial charge in [-0.15, -0.1) is 0 Å². The van der Waals surface area contributed by atoms with Gasteiger partial charge in [-0.3, -0.25) is 14.6 Å². The van der Waals surface area contributed by atoms with Crippen molar-refractivity contribution < 1.29 is 14.3 Å². The van der Waals surface area contributed by atoms with E-state index >= 15 is 0 Å². The first-order valence-electron chi connectivity index (χ1n) is 8.83. The molecule has 2 aromatic heterocycles. The Kier molecular flexibility index (Phi) is 5.88. The van der Waals surface area contributed by atoms with Gasteiger partial charge in [-0.25, -0.2) is 9.97 Å². The summed E-state index contributed by atoms with van der Waals surface area (Å²) < 4.78 is 5.02. The zero-order valence-electron chi connectivity index (χ0n) is 14.8. The maximum atomic E-state index is 11.6. The van der Waals surface area contributed by atoms with Crippen LogP contribution in [-0.2, 0) is 9.53 Å². The first kappa shape index (κ1) is 18.0. The van der Waals surface area contributed by atoms with Crippen LogP contribution in [0.3, 0.4) is 0 Å². The predicted molar refractivity (Wildman–Crippen MR) is 96.8 cm³/mol. The summed E-state index contributed by atoms with van der Waals surface area (Å²) in [5.41, 5.74) is 2.08. The van der Waals surface area contributed by atoms with Crippen molar-refractivity contribution in [2.75, 3.05) is 24.6 Å². The Bertz CT molecular complexity index is 738. The average Bonchev–Trinajstić information content (AvgIpc) is 2.69. The molecule has 2 aromatic rings. The van der Waals surface area contributed by atoms with Crippen molar-refractivity contribution in [3.63, 3.8) is 0 Å². The molecule has 136 valence electrons. The van der Waals surface area contributed by atoms with E-state index in [0.29, 0.717) is 30.5 Å². The van der Waals surface area contributed by atoms with E-state index in [4.69, 9.17) is 4.74 Å². The molecular formula is C19H22N4O3. The maximum Gasteiger partial charge on any atom is 0.306 e. The topological polar surface area (TPSA) is 85.3 Å². The van der Waals surface area contributed by atoms with E-state index in [1.54, 1.807) is 24.5 Å². The molecule has 1 saturated heterocycles. The number of aromatic nitrogens is 3. The number of nitrogens with zero attached hydrogens (tertiary/aromatic N) is 4. The van der Waals surface area contributed by atoms with E-state index < -0.39 is 0 Å². The molecule has 0 spiro atoms. The second-order valence-corrected chi connectivity index (χ2v) is 6.31. The number of hydrogen-bond donors (Lipinski definition) is 0. The molecular weight excluding hydrogens is 332 g/mol. The highest BCUT2D eigenvalue weighted by atomic mass is 16.5. The number of aldehydes is 1. The Morgan fingerprint density at radius 3 is 2.50 bits per heavy atom. The van der Waals surface area contributed by atoms with E-state index in [1.807, 2.05) is 6.92 Å². The number of rotatable bonds is 6. The van der Waals surface area contributed by atoms with Crippen molar-refractivity contribution in [1.29, 1.82) is 0 Å². The van der Waals surface area contributed by atoms with Crippen molar-refractivity contribution in [3.05, 3.63) is 36.3 Å². The molecule has 0 saturated carbocycles. The van der Waals surface area contributed by atoms with Crippen LogP contribution in [0.4, 0.5) is 5.95 Å². The van der Waals surface area contributed by atoms with E-state index in [1.165, 1.54) is 6.20 Å². The summed E-state index contributed by atoms with van der Waals surface area (Å²) in [5, 5.41) is 0. The van der Waals surface area contributed by atoms with Crippen LogP contribution in [0.15, 0.2) is 30.7 Å². The van der Waals surface area contributed by atoms with Gasteiger partial charge < -0.3 is 9.64 Å². The fourth-order valence-corrected chi connectivity index (χ4v) is 3.06. The molecule has 1 fully saturated rings. The summed E-state index contributed by atoms with van der Waals surface area (Å²) in [6.07, 6.45) is 8.14. The van der Waals surface area contributed by atoms with Crippen LogP contribution in [0.25, 0.3) is 11.3 Å². The third kappa shape index (κ3) is 4.41. The van der Waals surface area contributed by atoms with Crippen LogP contribution in [0.1, 0.15) is 36.5 Å². The third-order valence-electron chi connectivity index (χ3n) is 4.51. The van der Waals surface area contributed by atoms with E-state index in [9.17, 15) is 9.59 Å². The van der Waals surface area contributed by atoms with Gasteiger partial charge in [-0.2, -0.15) is 0 Å². The highest BCUT2D eigenvalue weighted by Crippen LogP contribution is 2.24. The number of hydrogen-bond acceptors (Lipinski definition) is 7. The van der Waals surface area contributed by atoms with Gasteiger partial charge in [0.25, 0.3) is 0 Å². The number of pyridine rings is 1. The van der Waals surface area contributed by atoms with Crippen LogP contribution < -0.4 is 4.90 Å². The minimum Gasteiger partial charge on any atom is -0.466 e. The lowest BCUT2D eigenvalue weighted by Crippen LogP contribution is -2.35. The lowest BCUT2D eigenvalue weighted by Gasteiger charge is -2.31. The number of carbonyl (C=O) groups is 2. The van der Waals surface area contributed by atoms with Gasteiger partial charge in [0.05, 0.1) is 12.3 Å². The van der Waals surface area contributed by atoms with Crippen LogP contribution in [-0.4, -0.2) is 46.9 Å². The molecule has 0 amide bonds. The Hall–Kier alpha value is -2.83. The van der Waals surface area contributed by atoms with Gasteiger partial charge in [-0.1, -0.05) is 0 Å². The molecule has 0 bridgehead atoms. The molecule has 0 unspecified atom stereocenters. The molecule has 0 radical (unpaired) electrons. The molecule has 3 heterocycles. The normalized spacial score (nSPS) is 14.9. The van der Waals surface area contributed by atoms with Crippen LogP contribution in [0.5, 0.6) is 0 Å².